The number of alkyl halides is 3. The van der Waals surface area contributed by atoms with E-state index in [-0.39, 0.29) is 6.61 Å². The highest BCUT2D eigenvalue weighted by Gasteiger charge is 2.40. The second-order valence-electron chi connectivity index (χ2n) is 6.23. The summed E-state index contributed by atoms with van der Waals surface area (Å²) in [6, 6.07) is 0. The minimum Gasteiger partial charge on any atom is -0.459 e. The van der Waals surface area contributed by atoms with E-state index in [2.05, 4.69) is 11.7 Å². The van der Waals surface area contributed by atoms with Crippen molar-refractivity contribution < 1.29 is 22.7 Å². The Balaban J connectivity index is 3.12. The Labute approximate surface area is 139 Å². The van der Waals surface area contributed by atoms with Gasteiger partial charge in [-0.15, -0.1) is 0 Å². The first-order valence-electron chi connectivity index (χ1n) is 9.22. The van der Waals surface area contributed by atoms with Crippen molar-refractivity contribution >= 4 is 5.97 Å². The molecule has 0 rings (SSSR count). The first-order chi connectivity index (χ1) is 11.0. The van der Waals surface area contributed by atoms with Gasteiger partial charge in [0.25, 0.3) is 0 Å². The van der Waals surface area contributed by atoms with Crippen LogP contribution in [0.2, 0.25) is 0 Å². The van der Waals surface area contributed by atoms with Gasteiger partial charge in [0, 0.05) is 0 Å². The number of carbonyl (C=O) groups is 1. The smallest absolute Gasteiger partial charge is 0.459 e. The van der Waals surface area contributed by atoms with Crippen LogP contribution in [0.4, 0.5) is 13.2 Å². The molecule has 0 saturated heterocycles. The fourth-order valence-electron chi connectivity index (χ4n) is 2.54. The van der Waals surface area contributed by atoms with Gasteiger partial charge in [0.05, 0.1) is 6.61 Å². The minimum absolute atomic E-state index is 0.129. The van der Waals surface area contributed by atoms with E-state index >= 15 is 0 Å². The van der Waals surface area contributed by atoms with Gasteiger partial charge in [-0.25, -0.2) is 4.79 Å². The van der Waals surface area contributed by atoms with E-state index in [1.165, 1.54) is 64.2 Å². The summed E-state index contributed by atoms with van der Waals surface area (Å²) < 4.78 is 39.7. The number of ether oxygens (including phenoxy) is 1. The summed E-state index contributed by atoms with van der Waals surface area (Å²) in [5.74, 6) is -2.08. The summed E-state index contributed by atoms with van der Waals surface area (Å²) in [7, 11) is 0. The highest BCUT2D eigenvalue weighted by molar-refractivity contribution is 5.75. The third-order valence-corrected chi connectivity index (χ3v) is 3.96. The minimum atomic E-state index is -4.87. The monoisotopic (exact) mass is 340 g/mol. The molecule has 0 radical (unpaired) electrons. The van der Waals surface area contributed by atoms with Crippen molar-refractivity contribution in [1.82, 2.24) is 0 Å². The molecule has 0 aliphatic carbocycles. The molecule has 0 amide bonds. The molecule has 0 fully saturated rings. The molecule has 0 saturated carbocycles. The van der Waals surface area contributed by atoms with E-state index in [1.54, 1.807) is 0 Å². The number of carbonyl (C=O) groups excluding carboxylic acids is 1. The third kappa shape index (κ3) is 15.9. The van der Waals surface area contributed by atoms with Crippen LogP contribution in [0.25, 0.3) is 0 Å². The van der Waals surface area contributed by atoms with Crippen molar-refractivity contribution in [1.29, 1.82) is 0 Å². The van der Waals surface area contributed by atoms with Crippen molar-refractivity contribution in [2.24, 2.45) is 0 Å². The number of esters is 1. The Kier molecular flexibility index (Phi) is 14.4. The van der Waals surface area contributed by atoms with Crippen LogP contribution in [0.5, 0.6) is 0 Å². The summed E-state index contributed by atoms with van der Waals surface area (Å²) in [5, 5.41) is 0. The quantitative estimate of drug-likeness (QED) is 0.191. The van der Waals surface area contributed by atoms with E-state index in [9.17, 15) is 18.0 Å². The van der Waals surface area contributed by atoms with Crippen molar-refractivity contribution in [2.45, 2.75) is 103 Å². The summed E-state index contributed by atoms with van der Waals surface area (Å²) in [4.78, 5) is 10.5. The lowest BCUT2D eigenvalue weighted by molar-refractivity contribution is -0.199. The van der Waals surface area contributed by atoms with Crippen LogP contribution in [-0.2, 0) is 9.53 Å². The van der Waals surface area contributed by atoms with E-state index in [0.29, 0.717) is 6.42 Å². The molecule has 0 heterocycles. The Hall–Kier alpha value is -0.740. The lowest BCUT2D eigenvalue weighted by Gasteiger charge is -2.07. The molecule has 2 nitrogen and oxygen atoms in total. The molecule has 0 aliphatic rings. The van der Waals surface area contributed by atoms with Crippen LogP contribution in [0, 0.1) is 0 Å². The summed E-state index contributed by atoms with van der Waals surface area (Å²) >= 11 is 0. The lowest BCUT2D eigenvalue weighted by Crippen LogP contribution is -2.25. The average molecular weight is 340 g/mol. The molecule has 0 aromatic heterocycles. The SMILES string of the molecule is CCCCCCCCCCCCCCCCO[13C](=O)[13C](F)(F)F. The number of hydrogen-bond donors (Lipinski definition) is 0. The normalized spacial score (nSPS) is 11.7. The van der Waals surface area contributed by atoms with Crippen molar-refractivity contribution in [3.63, 3.8) is 0 Å². The zero-order valence-corrected chi connectivity index (χ0v) is 14.6. The first-order valence-corrected chi connectivity index (χ1v) is 9.22. The van der Waals surface area contributed by atoms with Gasteiger partial charge in [-0.1, -0.05) is 90.4 Å². The molecule has 0 unspecified atom stereocenters. The Morgan fingerprint density at radius 2 is 1.04 bits per heavy atom. The zero-order chi connectivity index (χ0) is 17.4. The molecule has 0 aromatic rings. The van der Waals surface area contributed by atoms with Crippen LogP contribution in [0.15, 0.2) is 0 Å². The van der Waals surface area contributed by atoms with Gasteiger partial charge < -0.3 is 4.74 Å². The summed E-state index contributed by atoms with van der Waals surface area (Å²) in [6.45, 7) is 2.10. The second-order valence-corrected chi connectivity index (χ2v) is 6.23. The predicted molar refractivity (Wildman–Crippen MR) is 87.3 cm³/mol. The zero-order valence-electron chi connectivity index (χ0n) is 14.6. The van der Waals surface area contributed by atoms with E-state index in [4.69, 9.17) is 0 Å². The number of halogens is 3. The van der Waals surface area contributed by atoms with Gasteiger partial charge >= 0.3 is 12.1 Å². The van der Waals surface area contributed by atoms with Crippen molar-refractivity contribution in [3.05, 3.63) is 0 Å². The predicted octanol–water partition coefficient (Wildman–Crippen LogP) is 6.57. The van der Waals surface area contributed by atoms with Gasteiger partial charge in [-0.2, -0.15) is 13.2 Å². The van der Waals surface area contributed by atoms with Crippen LogP contribution in [0.1, 0.15) is 96.8 Å². The van der Waals surface area contributed by atoms with Crippen molar-refractivity contribution in [3.8, 4) is 0 Å². The Morgan fingerprint density at radius 1 is 0.696 bits per heavy atom. The van der Waals surface area contributed by atoms with Crippen LogP contribution in [-0.4, -0.2) is 18.8 Å². The van der Waals surface area contributed by atoms with E-state index in [1.807, 2.05) is 0 Å². The standard InChI is InChI=1S/C18H33F3O2/c1-2-3-4-5-6-7-8-9-10-11-12-13-14-15-16-23-17(22)18(19,20)21/h2-16H2,1H3/i17+1,18+1. The van der Waals surface area contributed by atoms with E-state index in [0.717, 1.165) is 19.3 Å². The maximum absolute atomic E-state index is 11.9. The number of unbranched alkanes of at least 4 members (excludes halogenated alkanes) is 13. The number of rotatable bonds is 15. The Bertz CT molecular complexity index is 278. The maximum atomic E-state index is 11.9. The molecule has 138 valence electrons. The van der Waals surface area contributed by atoms with Crippen molar-refractivity contribution in [2.75, 3.05) is 6.61 Å². The fourth-order valence-corrected chi connectivity index (χ4v) is 2.54. The van der Waals surface area contributed by atoms with Gasteiger partial charge in [0.15, 0.2) is 0 Å². The lowest BCUT2D eigenvalue weighted by atomic mass is 10.0. The van der Waals surface area contributed by atoms with Crippen LogP contribution >= 0.6 is 0 Å². The number of hydrogen-bond acceptors (Lipinski definition) is 2. The molecular weight excluding hydrogens is 307 g/mol. The molecule has 0 aliphatic heterocycles. The molecule has 0 spiro atoms. The van der Waals surface area contributed by atoms with Crippen LogP contribution < -0.4 is 0 Å². The van der Waals surface area contributed by atoms with Gasteiger partial charge in [0.1, 0.15) is 0 Å². The molecule has 0 N–H and O–H groups in total. The van der Waals surface area contributed by atoms with Gasteiger partial charge in [-0.05, 0) is 6.42 Å². The molecule has 0 atom stereocenters. The Morgan fingerprint density at radius 3 is 1.39 bits per heavy atom. The van der Waals surface area contributed by atoms with E-state index < -0.39 is 12.1 Å². The summed E-state index contributed by atoms with van der Waals surface area (Å²) in [5.41, 5.74) is 0. The molecule has 23 heavy (non-hydrogen) atoms. The van der Waals surface area contributed by atoms with Gasteiger partial charge in [0.2, 0.25) is 0 Å². The molecular formula is C18H33F3O2. The first kappa shape index (κ1) is 22.3. The highest BCUT2D eigenvalue weighted by Crippen LogP contribution is 2.17. The average Bonchev–Trinajstić information content (AvgIpc) is 2.50. The third-order valence-electron chi connectivity index (χ3n) is 3.96. The molecule has 0 bridgehead atoms. The van der Waals surface area contributed by atoms with Crippen LogP contribution in [0.3, 0.4) is 0 Å². The van der Waals surface area contributed by atoms with Gasteiger partial charge in [-0.3, -0.25) is 0 Å². The highest BCUT2D eigenvalue weighted by atomic mass is 19.5. The largest absolute Gasteiger partial charge is 0.490 e. The second kappa shape index (κ2) is 14.8. The maximum Gasteiger partial charge on any atom is 0.490 e. The fraction of sp³-hybridized carbons (Fsp3) is 0.944. The topological polar surface area (TPSA) is 26.3 Å². The summed E-state index contributed by atoms with van der Waals surface area (Å²) in [6.07, 6.45) is 11.7. The molecule has 5 heteroatoms. The molecule has 0 aromatic carbocycles.